The van der Waals surface area contributed by atoms with Crippen molar-refractivity contribution in [2.45, 2.75) is 6.18 Å². The summed E-state index contributed by atoms with van der Waals surface area (Å²) in [6, 6.07) is 11.6. The number of carbonyl (C=O) groups is 1. The molecule has 0 heterocycles. The van der Waals surface area contributed by atoms with Crippen LogP contribution in [0.4, 0.5) is 18.9 Å². The summed E-state index contributed by atoms with van der Waals surface area (Å²) >= 11 is 2.00. The molecule has 1 N–H and O–H groups in total. The van der Waals surface area contributed by atoms with Gasteiger partial charge in [0.1, 0.15) is 0 Å². The monoisotopic (exact) mass is 391 g/mol. The van der Waals surface area contributed by atoms with E-state index < -0.39 is 17.6 Å². The summed E-state index contributed by atoms with van der Waals surface area (Å²) in [5.41, 5.74) is -0.849. The molecule has 6 heteroatoms. The van der Waals surface area contributed by atoms with Crippen LogP contribution in [0, 0.1) is 3.57 Å². The van der Waals surface area contributed by atoms with Gasteiger partial charge >= 0.3 is 6.18 Å². The van der Waals surface area contributed by atoms with E-state index in [4.69, 9.17) is 0 Å². The number of hydrogen-bond acceptors (Lipinski definition) is 1. The zero-order chi connectivity index (χ0) is 14.8. The van der Waals surface area contributed by atoms with Gasteiger partial charge in [-0.15, -0.1) is 0 Å². The summed E-state index contributed by atoms with van der Waals surface area (Å²) in [4.78, 5) is 12.0. The van der Waals surface area contributed by atoms with E-state index in [9.17, 15) is 18.0 Å². The van der Waals surface area contributed by atoms with Crippen LogP contribution in [0.25, 0.3) is 0 Å². The summed E-state index contributed by atoms with van der Waals surface area (Å²) in [6.07, 6.45) is -4.56. The second-order valence-electron chi connectivity index (χ2n) is 3.98. The van der Waals surface area contributed by atoms with Crippen molar-refractivity contribution < 1.29 is 18.0 Å². The van der Waals surface area contributed by atoms with Gasteiger partial charge < -0.3 is 5.32 Å². The second kappa shape index (κ2) is 5.82. The Morgan fingerprint density at radius 2 is 1.60 bits per heavy atom. The average molecular weight is 391 g/mol. The highest BCUT2D eigenvalue weighted by Gasteiger charge is 2.34. The maximum Gasteiger partial charge on any atom is 0.417 e. The fourth-order valence-corrected chi connectivity index (χ4v) is 2.20. The van der Waals surface area contributed by atoms with E-state index in [1.165, 1.54) is 12.1 Å². The first-order chi connectivity index (χ1) is 9.39. The molecule has 2 nitrogen and oxygen atoms in total. The minimum Gasteiger partial charge on any atom is -0.321 e. The first-order valence-electron chi connectivity index (χ1n) is 5.61. The molecule has 0 radical (unpaired) electrons. The van der Waals surface area contributed by atoms with Gasteiger partial charge in [-0.3, -0.25) is 4.79 Å². The topological polar surface area (TPSA) is 29.1 Å². The largest absolute Gasteiger partial charge is 0.417 e. The molecule has 2 aromatic rings. The van der Waals surface area contributed by atoms with Gasteiger partial charge in [-0.2, -0.15) is 13.2 Å². The van der Waals surface area contributed by atoms with E-state index in [0.717, 1.165) is 15.7 Å². The molecular weight excluding hydrogens is 382 g/mol. The predicted octanol–water partition coefficient (Wildman–Crippen LogP) is 4.56. The normalized spacial score (nSPS) is 11.2. The van der Waals surface area contributed by atoms with Crippen LogP contribution in [0.15, 0.2) is 48.5 Å². The molecule has 1 amide bonds. The molecule has 0 saturated carbocycles. The van der Waals surface area contributed by atoms with Gasteiger partial charge in [-0.25, -0.2) is 0 Å². The summed E-state index contributed by atoms with van der Waals surface area (Å²) < 4.78 is 39.3. The van der Waals surface area contributed by atoms with E-state index in [1.54, 1.807) is 24.3 Å². The molecule has 0 bridgehead atoms. The van der Waals surface area contributed by atoms with Crippen LogP contribution in [0.3, 0.4) is 0 Å². The van der Waals surface area contributed by atoms with Gasteiger partial charge in [0, 0.05) is 3.57 Å². The van der Waals surface area contributed by atoms with E-state index in [2.05, 4.69) is 5.32 Å². The average Bonchev–Trinajstić information content (AvgIpc) is 2.40. The molecule has 0 fully saturated rings. The highest BCUT2D eigenvalue weighted by atomic mass is 127. The van der Waals surface area contributed by atoms with Gasteiger partial charge in [-0.1, -0.05) is 24.3 Å². The zero-order valence-corrected chi connectivity index (χ0v) is 12.2. The zero-order valence-electron chi connectivity index (χ0n) is 10.0. The molecule has 0 unspecified atom stereocenters. The molecule has 2 aromatic carbocycles. The minimum atomic E-state index is -4.56. The van der Waals surface area contributed by atoms with Crippen LogP contribution in [-0.4, -0.2) is 5.91 Å². The first kappa shape index (κ1) is 14.8. The van der Waals surface area contributed by atoms with Gasteiger partial charge in [0.15, 0.2) is 0 Å². The predicted molar refractivity (Wildman–Crippen MR) is 78.6 cm³/mol. The van der Waals surface area contributed by atoms with Gasteiger partial charge in [0.25, 0.3) is 5.91 Å². The van der Waals surface area contributed by atoms with Gasteiger partial charge in [-0.05, 0) is 46.9 Å². The molecule has 0 aromatic heterocycles. The first-order valence-corrected chi connectivity index (χ1v) is 6.69. The van der Waals surface area contributed by atoms with Crippen molar-refractivity contribution in [2.24, 2.45) is 0 Å². The van der Waals surface area contributed by atoms with Crippen molar-refractivity contribution in [3.05, 3.63) is 63.2 Å². The number of carbonyl (C=O) groups excluding carboxylic acids is 1. The number of para-hydroxylation sites is 1. The third kappa shape index (κ3) is 3.30. The van der Waals surface area contributed by atoms with Gasteiger partial charge in [0.05, 0.1) is 16.8 Å². The van der Waals surface area contributed by atoms with Crippen LogP contribution < -0.4 is 5.32 Å². The molecule has 2 rings (SSSR count). The van der Waals surface area contributed by atoms with E-state index in [1.807, 2.05) is 22.6 Å². The quantitative estimate of drug-likeness (QED) is 0.748. The third-order valence-electron chi connectivity index (χ3n) is 2.60. The lowest BCUT2D eigenvalue weighted by atomic mass is 10.1. The number of halogens is 4. The molecule has 0 aliphatic carbocycles. The SMILES string of the molecule is O=C(Nc1ccccc1I)c1ccccc1C(F)(F)F. The lowest BCUT2D eigenvalue weighted by molar-refractivity contribution is -0.137. The Labute approximate surface area is 127 Å². The Morgan fingerprint density at radius 1 is 1.00 bits per heavy atom. The number of amides is 1. The fraction of sp³-hybridized carbons (Fsp3) is 0.0714. The van der Waals surface area contributed by atoms with Crippen LogP contribution >= 0.6 is 22.6 Å². The van der Waals surface area contributed by atoms with E-state index in [0.29, 0.717) is 5.69 Å². The van der Waals surface area contributed by atoms with E-state index >= 15 is 0 Å². The highest BCUT2D eigenvalue weighted by Crippen LogP contribution is 2.32. The second-order valence-corrected chi connectivity index (χ2v) is 5.14. The summed E-state index contributed by atoms with van der Waals surface area (Å²) in [6.45, 7) is 0. The summed E-state index contributed by atoms with van der Waals surface area (Å²) in [5.74, 6) is -0.776. The molecule has 104 valence electrons. The maximum atomic E-state index is 12.8. The number of hydrogen-bond donors (Lipinski definition) is 1. The highest BCUT2D eigenvalue weighted by molar-refractivity contribution is 14.1. The maximum absolute atomic E-state index is 12.8. The number of rotatable bonds is 2. The molecule has 0 saturated heterocycles. The van der Waals surface area contributed by atoms with Gasteiger partial charge in [0.2, 0.25) is 0 Å². The van der Waals surface area contributed by atoms with Crippen molar-refractivity contribution in [3.8, 4) is 0 Å². The Balaban J connectivity index is 2.34. The summed E-state index contributed by atoms with van der Waals surface area (Å²) in [5, 5.41) is 2.49. The number of anilines is 1. The van der Waals surface area contributed by atoms with Crippen LogP contribution in [0.1, 0.15) is 15.9 Å². The molecule has 0 spiro atoms. The van der Waals surface area contributed by atoms with Crippen molar-refractivity contribution >= 4 is 34.2 Å². The van der Waals surface area contributed by atoms with Crippen LogP contribution in [0.2, 0.25) is 0 Å². The lowest BCUT2D eigenvalue weighted by Gasteiger charge is -2.13. The minimum absolute atomic E-state index is 0.389. The number of nitrogens with one attached hydrogen (secondary N) is 1. The number of alkyl halides is 3. The number of benzene rings is 2. The molecular formula is C14H9F3INO. The third-order valence-corrected chi connectivity index (χ3v) is 3.54. The van der Waals surface area contributed by atoms with Crippen LogP contribution in [-0.2, 0) is 6.18 Å². The Bertz CT molecular complexity index is 640. The molecule has 0 aliphatic heterocycles. The van der Waals surface area contributed by atoms with Crippen molar-refractivity contribution in [1.82, 2.24) is 0 Å². The van der Waals surface area contributed by atoms with E-state index in [-0.39, 0.29) is 5.56 Å². The Kier molecular flexibility index (Phi) is 4.32. The smallest absolute Gasteiger partial charge is 0.321 e. The molecule has 20 heavy (non-hydrogen) atoms. The summed E-state index contributed by atoms with van der Waals surface area (Å²) in [7, 11) is 0. The Morgan fingerprint density at radius 3 is 2.25 bits per heavy atom. The molecule has 0 aliphatic rings. The fourth-order valence-electron chi connectivity index (χ4n) is 1.68. The van der Waals surface area contributed by atoms with Crippen molar-refractivity contribution in [2.75, 3.05) is 5.32 Å². The van der Waals surface area contributed by atoms with Crippen molar-refractivity contribution in [1.29, 1.82) is 0 Å². The van der Waals surface area contributed by atoms with Crippen molar-refractivity contribution in [3.63, 3.8) is 0 Å². The molecule has 0 atom stereocenters. The lowest BCUT2D eigenvalue weighted by Crippen LogP contribution is -2.19. The standard InChI is InChI=1S/C14H9F3INO/c15-14(16,17)10-6-2-1-5-9(10)13(20)19-12-8-4-3-7-11(12)18/h1-8H,(H,19,20). The Hall–Kier alpha value is -1.57. The van der Waals surface area contributed by atoms with Crippen LogP contribution in [0.5, 0.6) is 0 Å².